The van der Waals surface area contributed by atoms with Crippen LogP contribution in [-0.2, 0) is 32.7 Å². The first-order chi connectivity index (χ1) is 27.4. The number of quaternary nitrogens is 1. The average Bonchev–Trinajstić information content (AvgIpc) is 3.15. The van der Waals surface area contributed by atoms with Crippen LogP contribution in [0.25, 0.3) is 0 Å². The minimum Gasteiger partial charge on any atom is -0.462 e. The summed E-state index contributed by atoms with van der Waals surface area (Å²) in [5.74, 6) is -0.952. The van der Waals surface area contributed by atoms with Crippen LogP contribution in [0, 0.1) is 0 Å². The molecule has 0 radical (unpaired) electrons. The molecule has 0 bridgehead atoms. The Morgan fingerprint density at radius 3 is 1.81 bits per heavy atom. The van der Waals surface area contributed by atoms with Gasteiger partial charge in [-0.1, -0.05) is 130 Å². The van der Waals surface area contributed by atoms with Gasteiger partial charge in [-0.3, -0.25) is 18.6 Å². The number of esters is 2. The van der Waals surface area contributed by atoms with Gasteiger partial charge < -0.3 is 24.0 Å². The molecule has 2 N–H and O–H groups in total. The SMILES string of the molecule is CC/C=C\C/C=C\C/C=C\C/C=C\CCCCC(=O)OC[C@H](COP(=O)(O)OCC[N+](C)(C)C)OC(=O)CCC/C=C\C/C=C\C/C=C\C=C\[C@@H](O)CCCCC. The number of aliphatic hydroxyl groups excluding tert-OH is 1. The quantitative estimate of drug-likeness (QED) is 0.0159. The van der Waals surface area contributed by atoms with E-state index in [9.17, 15) is 24.2 Å². The molecule has 0 aromatic carbocycles. The topological polar surface area (TPSA) is 129 Å². The summed E-state index contributed by atoms with van der Waals surface area (Å²) in [6, 6.07) is 0. The molecule has 1 unspecified atom stereocenters. The van der Waals surface area contributed by atoms with Crippen molar-refractivity contribution in [2.75, 3.05) is 47.5 Å². The number of phosphoric ester groups is 1. The van der Waals surface area contributed by atoms with Gasteiger partial charge >= 0.3 is 19.8 Å². The van der Waals surface area contributed by atoms with E-state index in [1.54, 1.807) is 0 Å². The molecule has 0 saturated heterocycles. The zero-order chi connectivity index (χ0) is 42.3. The number of allylic oxidation sites excluding steroid dienone is 15. The second-order valence-corrected chi connectivity index (χ2v) is 16.3. The van der Waals surface area contributed by atoms with Gasteiger partial charge in [0.1, 0.15) is 19.8 Å². The van der Waals surface area contributed by atoms with E-state index in [-0.39, 0.29) is 32.2 Å². The summed E-state index contributed by atoms with van der Waals surface area (Å²) < 4.78 is 34.1. The van der Waals surface area contributed by atoms with Gasteiger partial charge in [0.2, 0.25) is 0 Å². The van der Waals surface area contributed by atoms with E-state index in [1.165, 1.54) is 0 Å². The van der Waals surface area contributed by atoms with Crippen LogP contribution in [0.4, 0.5) is 0 Å². The lowest BCUT2D eigenvalue weighted by atomic mass is 10.1. The third kappa shape index (κ3) is 40.9. The minimum absolute atomic E-state index is 0.000661. The minimum atomic E-state index is -4.42. The average molecular weight is 819 g/mol. The smallest absolute Gasteiger partial charge is 0.462 e. The molecule has 0 aliphatic carbocycles. The molecule has 10 nitrogen and oxygen atoms in total. The molecule has 0 amide bonds. The first kappa shape index (κ1) is 53.9. The van der Waals surface area contributed by atoms with Crippen LogP contribution in [0.3, 0.4) is 0 Å². The summed E-state index contributed by atoms with van der Waals surface area (Å²) in [6.45, 7) is 4.01. The highest BCUT2D eigenvalue weighted by Gasteiger charge is 2.27. The monoisotopic (exact) mass is 819 g/mol. The number of nitrogens with zero attached hydrogens (tertiary/aromatic N) is 1. The Morgan fingerprint density at radius 2 is 1.21 bits per heavy atom. The van der Waals surface area contributed by atoms with Crippen molar-refractivity contribution in [3.63, 3.8) is 0 Å². The number of hydrogen-bond acceptors (Lipinski definition) is 8. The lowest BCUT2D eigenvalue weighted by Gasteiger charge is -2.24. The van der Waals surface area contributed by atoms with Crippen LogP contribution in [0.2, 0.25) is 0 Å². The highest BCUT2D eigenvalue weighted by Crippen LogP contribution is 2.43. The molecule has 0 heterocycles. The van der Waals surface area contributed by atoms with Crippen molar-refractivity contribution in [1.29, 1.82) is 0 Å². The highest BCUT2D eigenvalue weighted by atomic mass is 31.2. The van der Waals surface area contributed by atoms with E-state index >= 15 is 0 Å². The second-order valence-electron chi connectivity index (χ2n) is 14.8. The number of carbonyl (C=O) groups is 2. The van der Waals surface area contributed by atoms with Crippen molar-refractivity contribution in [3.8, 4) is 0 Å². The first-order valence-corrected chi connectivity index (χ1v) is 22.6. The molecule has 0 spiro atoms. The zero-order valence-electron chi connectivity index (χ0n) is 35.9. The number of aliphatic hydroxyl groups is 1. The van der Waals surface area contributed by atoms with Crippen molar-refractivity contribution in [2.45, 2.75) is 135 Å². The summed E-state index contributed by atoms with van der Waals surface area (Å²) in [5, 5.41) is 9.90. The maximum atomic E-state index is 12.7. The molecule has 0 aromatic heterocycles. The molecule has 324 valence electrons. The van der Waals surface area contributed by atoms with Crippen molar-refractivity contribution < 1.29 is 47.2 Å². The van der Waals surface area contributed by atoms with E-state index in [2.05, 4.69) is 74.6 Å². The maximum Gasteiger partial charge on any atom is 0.472 e. The van der Waals surface area contributed by atoms with Crippen LogP contribution in [0.1, 0.15) is 123 Å². The molecule has 57 heavy (non-hydrogen) atoms. The van der Waals surface area contributed by atoms with Crippen LogP contribution in [0.15, 0.2) is 97.2 Å². The van der Waals surface area contributed by atoms with Crippen molar-refractivity contribution in [1.82, 2.24) is 0 Å². The summed E-state index contributed by atoms with van der Waals surface area (Å²) >= 11 is 0. The third-order valence-corrected chi connectivity index (χ3v) is 9.19. The van der Waals surface area contributed by atoms with Crippen LogP contribution in [-0.4, -0.2) is 86.1 Å². The Balaban J connectivity index is 4.62. The van der Waals surface area contributed by atoms with Gasteiger partial charge in [0.05, 0.1) is 33.9 Å². The highest BCUT2D eigenvalue weighted by molar-refractivity contribution is 7.47. The molecule has 0 saturated carbocycles. The number of rotatable bonds is 36. The van der Waals surface area contributed by atoms with Crippen molar-refractivity contribution in [2.24, 2.45) is 0 Å². The van der Waals surface area contributed by atoms with Gasteiger partial charge in [0, 0.05) is 12.8 Å². The predicted octanol–water partition coefficient (Wildman–Crippen LogP) is 10.8. The number of carbonyl (C=O) groups excluding carboxylic acids is 2. The normalized spacial score (nSPS) is 15.1. The lowest BCUT2D eigenvalue weighted by molar-refractivity contribution is -0.870. The molecular weight excluding hydrogens is 741 g/mol. The van der Waals surface area contributed by atoms with Crippen LogP contribution >= 0.6 is 7.82 Å². The number of hydrogen-bond donors (Lipinski definition) is 2. The van der Waals surface area contributed by atoms with Gasteiger partial charge in [-0.2, -0.15) is 0 Å². The first-order valence-electron chi connectivity index (χ1n) is 21.1. The number of unbranched alkanes of at least 4 members (excludes halogenated alkanes) is 5. The Hall–Kier alpha value is -3.11. The molecule has 0 aromatic rings. The van der Waals surface area contributed by atoms with Crippen LogP contribution in [0.5, 0.6) is 0 Å². The molecule has 0 aliphatic rings. The van der Waals surface area contributed by atoms with E-state index in [4.69, 9.17) is 18.5 Å². The molecule has 0 aliphatic heterocycles. The number of phosphoric acid groups is 1. The molecule has 3 atom stereocenters. The van der Waals surface area contributed by atoms with E-state index in [0.717, 1.165) is 77.0 Å². The van der Waals surface area contributed by atoms with Gasteiger partial charge in [-0.15, -0.1) is 0 Å². The van der Waals surface area contributed by atoms with Gasteiger partial charge in [-0.25, -0.2) is 4.57 Å². The Bertz CT molecular complexity index is 1310. The van der Waals surface area contributed by atoms with E-state index < -0.39 is 32.5 Å². The van der Waals surface area contributed by atoms with Crippen molar-refractivity contribution >= 4 is 19.8 Å². The molecule has 11 heteroatoms. The summed E-state index contributed by atoms with van der Waals surface area (Å²) in [5.41, 5.74) is 0. The molecule has 0 fully saturated rings. The lowest BCUT2D eigenvalue weighted by Crippen LogP contribution is -2.37. The maximum absolute atomic E-state index is 12.7. The second kappa shape index (κ2) is 37.2. The molecular formula is C46H77NO9P+. The summed E-state index contributed by atoms with van der Waals surface area (Å²) in [4.78, 5) is 35.3. The Kier molecular flexibility index (Phi) is 35.2. The van der Waals surface area contributed by atoms with Crippen molar-refractivity contribution in [3.05, 3.63) is 97.2 Å². The van der Waals surface area contributed by atoms with Gasteiger partial charge in [0.25, 0.3) is 0 Å². The number of likely N-dealkylation sites (N-methyl/N-ethyl adjacent to an activating group) is 1. The molecule has 0 rings (SSSR count). The zero-order valence-corrected chi connectivity index (χ0v) is 36.8. The fourth-order valence-electron chi connectivity index (χ4n) is 4.87. The van der Waals surface area contributed by atoms with Gasteiger partial charge in [-0.05, 0) is 77.0 Å². The number of ether oxygens (including phenoxy) is 2. The summed E-state index contributed by atoms with van der Waals surface area (Å²) in [6.07, 6.45) is 45.1. The fourth-order valence-corrected chi connectivity index (χ4v) is 5.61. The third-order valence-electron chi connectivity index (χ3n) is 8.20. The standard InChI is InChI=1S/C46H76NO9P/c1-6-8-10-11-12-13-14-15-16-17-20-23-26-29-33-37-45(49)53-41-44(42-55-57(51,52)54-40-39-47(3,4)5)56-46(50)38-34-30-27-24-21-18-19-22-25-28-32-36-43(48)35-31-9-7-2/h8,10,12-13,15-16,18-20,23-25,27-28,32,36,43-44,48H,6-7,9,11,14,17,21-22,26,29-31,33-35,37-42H2,1-5H3/p+1/b10-8-,13-12-,16-15-,19-18-,23-20-,27-24-,28-25-,36-32+/t43-,44+/m0/s1. The van der Waals surface area contributed by atoms with Gasteiger partial charge in [0.15, 0.2) is 6.10 Å². The van der Waals surface area contributed by atoms with E-state index in [0.29, 0.717) is 30.3 Å². The Labute approximate surface area is 346 Å². The fraction of sp³-hybridized carbons (Fsp3) is 0.609. The largest absolute Gasteiger partial charge is 0.472 e. The Morgan fingerprint density at radius 1 is 0.649 bits per heavy atom. The van der Waals surface area contributed by atoms with E-state index in [1.807, 2.05) is 57.6 Å². The van der Waals surface area contributed by atoms with Crippen LogP contribution < -0.4 is 0 Å². The predicted molar refractivity (Wildman–Crippen MR) is 234 cm³/mol. The summed E-state index contributed by atoms with van der Waals surface area (Å²) in [7, 11) is 1.37.